The molecule has 3 nitrogen and oxygen atoms in total. The summed E-state index contributed by atoms with van der Waals surface area (Å²) in [6, 6.07) is 2.35. The molecule has 2 heterocycles. The molecule has 2 rings (SSSR count). The van der Waals surface area contributed by atoms with E-state index in [0.29, 0.717) is 5.82 Å². The zero-order valence-corrected chi connectivity index (χ0v) is 7.96. The molecule has 0 aromatic carbocycles. The van der Waals surface area contributed by atoms with Gasteiger partial charge >= 0.3 is 6.18 Å². The molecule has 0 aliphatic carbocycles. The third-order valence-corrected chi connectivity index (χ3v) is 2.37. The van der Waals surface area contributed by atoms with E-state index in [1.807, 2.05) is 4.90 Å². The lowest BCUT2D eigenvalue weighted by molar-refractivity contribution is -0.141. The topological polar surface area (TPSA) is 29.0 Å². The maximum Gasteiger partial charge on any atom is 0.435 e. The smallest absolute Gasteiger partial charge is 0.355 e. The first kappa shape index (κ1) is 10.2. The van der Waals surface area contributed by atoms with Crippen LogP contribution in [0.25, 0.3) is 0 Å². The van der Waals surface area contributed by atoms with Gasteiger partial charge in [0.05, 0.1) is 0 Å². The zero-order valence-electron chi connectivity index (χ0n) is 7.96. The summed E-state index contributed by atoms with van der Waals surface area (Å²) in [5.41, 5.74) is -0.939. The Morgan fingerprint density at radius 2 is 1.73 bits per heavy atom. The number of hydrogen-bond acceptors (Lipinski definition) is 3. The fourth-order valence-corrected chi connectivity index (χ4v) is 1.59. The Kier molecular flexibility index (Phi) is 2.50. The van der Waals surface area contributed by atoms with E-state index in [4.69, 9.17) is 0 Å². The predicted octanol–water partition coefficient (Wildman–Crippen LogP) is 2.10. The summed E-state index contributed by atoms with van der Waals surface area (Å²) in [6.07, 6.45) is -2.29. The molecule has 1 aromatic heterocycles. The minimum absolute atomic E-state index is 0.528. The van der Waals surface area contributed by atoms with Gasteiger partial charge in [-0.2, -0.15) is 13.2 Å². The SMILES string of the molecule is FC(F)(F)c1ccc(N2CCCC2)nn1. The van der Waals surface area contributed by atoms with Gasteiger partial charge < -0.3 is 4.90 Å². The minimum Gasteiger partial charge on any atom is -0.355 e. The van der Waals surface area contributed by atoms with E-state index >= 15 is 0 Å². The van der Waals surface area contributed by atoms with Crippen LogP contribution in [-0.4, -0.2) is 23.3 Å². The molecule has 0 radical (unpaired) electrons. The molecule has 15 heavy (non-hydrogen) atoms. The summed E-state index contributed by atoms with van der Waals surface area (Å²) in [6.45, 7) is 1.69. The Morgan fingerprint density at radius 1 is 1.07 bits per heavy atom. The molecule has 1 aliphatic rings. The van der Waals surface area contributed by atoms with Crippen LogP contribution in [0, 0.1) is 0 Å². The third-order valence-electron chi connectivity index (χ3n) is 2.37. The first-order chi connectivity index (χ1) is 7.07. The highest BCUT2D eigenvalue weighted by atomic mass is 19.4. The second-order valence-electron chi connectivity index (χ2n) is 3.47. The highest BCUT2D eigenvalue weighted by Crippen LogP contribution is 2.27. The molecule has 1 saturated heterocycles. The van der Waals surface area contributed by atoms with Crippen molar-refractivity contribution in [2.75, 3.05) is 18.0 Å². The first-order valence-electron chi connectivity index (χ1n) is 4.73. The van der Waals surface area contributed by atoms with Crippen LogP contribution >= 0.6 is 0 Å². The highest BCUT2D eigenvalue weighted by molar-refractivity contribution is 5.38. The molecule has 6 heteroatoms. The third kappa shape index (κ3) is 2.19. The first-order valence-corrected chi connectivity index (χ1v) is 4.73. The van der Waals surface area contributed by atoms with E-state index in [9.17, 15) is 13.2 Å². The molecule has 0 saturated carbocycles. The zero-order chi connectivity index (χ0) is 10.9. The van der Waals surface area contributed by atoms with Gasteiger partial charge in [-0.05, 0) is 25.0 Å². The van der Waals surface area contributed by atoms with Gasteiger partial charge in [-0.25, -0.2) is 0 Å². The lowest BCUT2D eigenvalue weighted by Gasteiger charge is -2.15. The van der Waals surface area contributed by atoms with Crippen LogP contribution < -0.4 is 4.90 Å². The molecule has 1 fully saturated rings. The monoisotopic (exact) mass is 217 g/mol. The fraction of sp³-hybridized carbons (Fsp3) is 0.556. The van der Waals surface area contributed by atoms with Crippen LogP contribution in [-0.2, 0) is 6.18 Å². The summed E-state index contributed by atoms with van der Waals surface area (Å²) in [4.78, 5) is 1.94. The van der Waals surface area contributed by atoms with Crippen molar-refractivity contribution in [3.05, 3.63) is 17.8 Å². The second kappa shape index (κ2) is 3.67. The van der Waals surface area contributed by atoms with Crippen LogP contribution in [0.1, 0.15) is 18.5 Å². The van der Waals surface area contributed by atoms with Gasteiger partial charge in [0.15, 0.2) is 11.5 Å². The maximum absolute atomic E-state index is 12.2. The largest absolute Gasteiger partial charge is 0.435 e. The van der Waals surface area contributed by atoms with Gasteiger partial charge in [-0.3, -0.25) is 0 Å². The minimum atomic E-state index is -4.41. The molecule has 0 spiro atoms. The summed E-state index contributed by atoms with van der Waals surface area (Å²) in [5, 5.41) is 6.76. The molecule has 0 unspecified atom stereocenters. The summed E-state index contributed by atoms with van der Waals surface area (Å²) < 4.78 is 36.5. The van der Waals surface area contributed by atoms with Gasteiger partial charge in [0.25, 0.3) is 0 Å². The van der Waals surface area contributed by atoms with Crippen LogP contribution in [0.3, 0.4) is 0 Å². The number of alkyl halides is 3. The van der Waals surface area contributed by atoms with Crippen molar-refractivity contribution in [2.45, 2.75) is 19.0 Å². The van der Waals surface area contributed by atoms with Gasteiger partial charge in [0.2, 0.25) is 0 Å². The summed E-state index contributed by atoms with van der Waals surface area (Å²) >= 11 is 0. The van der Waals surface area contributed by atoms with E-state index in [1.165, 1.54) is 6.07 Å². The lowest BCUT2D eigenvalue weighted by atomic mass is 10.3. The van der Waals surface area contributed by atoms with Crippen molar-refractivity contribution in [2.24, 2.45) is 0 Å². The normalized spacial score (nSPS) is 17.1. The van der Waals surface area contributed by atoms with E-state index in [0.717, 1.165) is 32.0 Å². The number of nitrogens with zero attached hydrogens (tertiary/aromatic N) is 3. The average Bonchev–Trinajstić information content (AvgIpc) is 2.69. The number of hydrogen-bond donors (Lipinski definition) is 0. The fourth-order valence-electron chi connectivity index (χ4n) is 1.59. The molecule has 0 N–H and O–H groups in total. The summed E-state index contributed by atoms with van der Waals surface area (Å²) in [5.74, 6) is 0.528. The molecule has 0 bridgehead atoms. The lowest BCUT2D eigenvalue weighted by Crippen LogP contribution is -2.20. The predicted molar refractivity (Wildman–Crippen MR) is 48.5 cm³/mol. The van der Waals surface area contributed by atoms with E-state index < -0.39 is 11.9 Å². The highest BCUT2D eigenvalue weighted by Gasteiger charge is 2.33. The van der Waals surface area contributed by atoms with Crippen molar-refractivity contribution in [1.29, 1.82) is 0 Å². The van der Waals surface area contributed by atoms with Crippen molar-refractivity contribution >= 4 is 5.82 Å². The van der Waals surface area contributed by atoms with Crippen LogP contribution in [0.4, 0.5) is 19.0 Å². The molecule has 0 atom stereocenters. The van der Waals surface area contributed by atoms with Gasteiger partial charge in [-0.1, -0.05) is 0 Å². The van der Waals surface area contributed by atoms with Crippen molar-refractivity contribution in [1.82, 2.24) is 10.2 Å². The van der Waals surface area contributed by atoms with Gasteiger partial charge in [-0.15, -0.1) is 10.2 Å². The molecular weight excluding hydrogens is 207 g/mol. The van der Waals surface area contributed by atoms with Gasteiger partial charge in [0, 0.05) is 13.1 Å². The number of halogens is 3. The quantitative estimate of drug-likeness (QED) is 0.721. The number of anilines is 1. The Labute approximate surface area is 84.9 Å². The van der Waals surface area contributed by atoms with E-state index in [2.05, 4.69) is 10.2 Å². The van der Waals surface area contributed by atoms with Crippen molar-refractivity contribution < 1.29 is 13.2 Å². The number of rotatable bonds is 1. The van der Waals surface area contributed by atoms with E-state index in [1.54, 1.807) is 0 Å². The summed E-state index contributed by atoms with van der Waals surface area (Å²) in [7, 11) is 0. The average molecular weight is 217 g/mol. The Morgan fingerprint density at radius 3 is 2.20 bits per heavy atom. The standard InChI is InChI=1S/C9H10F3N3/c10-9(11,12)7-3-4-8(14-13-7)15-5-1-2-6-15/h3-4H,1-2,5-6H2. The molecule has 1 aromatic rings. The van der Waals surface area contributed by atoms with Crippen LogP contribution in [0.5, 0.6) is 0 Å². The Hall–Kier alpha value is -1.33. The molecule has 0 amide bonds. The second-order valence-corrected chi connectivity index (χ2v) is 3.47. The van der Waals surface area contributed by atoms with E-state index in [-0.39, 0.29) is 0 Å². The van der Waals surface area contributed by atoms with Gasteiger partial charge in [0.1, 0.15) is 0 Å². The Bertz CT molecular complexity index is 327. The molecule has 1 aliphatic heterocycles. The number of aromatic nitrogens is 2. The van der Waals surface area contributed by atoms with Crippen molar-refractivity contribution in [3.8, 4) is 0 Å². The maximum atomic E-state index is 12.2. The Balaban J connectivity index is 2.16. The van der Waals surface area contributed by atoms with Crippen LogP contribution in [0.2, 0.25) is 0 Å². The molecule has 82 valence electrons. The molecular formula is C9H10F3N3. The van der Waals surface area contributed by atoms with Crippen molar-refractivity contribution in [3.63, 3.8) is 0 Å². The van der Waals surface area contributed by atoms with Crippen LogP contribution in [0.15, 0.2) is 12.1 Å².